The first-order valence-corrected chi connectivity index (χ1v) is 9.99. The van der Waals surface area contributed by atoms with Crippen LogP contribution in [0, 0.1) is 5.92 Å². The van der Waals surface area contributed by atoms with Crippen LogP contribution in [0.3, 0.4) is 0 Å². The van der Waals surface area contributed by atoms with Crippen LogP contribution in [0.1, 0.15) is 45.1 Å². The van der Waals surface area contributed by atoms with Gasteiger partial charge in [0.2, 0.25) is 11.8 Å². The first-order chi connectivity index (χ1) is 12.2. The number of aryl methyl sites for hydroxylation is 1. The Kier molecular flexibility index (Phi) is 6.13. The molecule has 1 aromatic carbocycles. The second kappa shape index (κ2) is 8.52. The smallest absolute Gasteiger partial charge is 0.277 e. The maximum absolute atomic E-state index is 12.2. The summed E-state index contributed by atoms with van der Waals surface area (Å²) < 4.78 is 5.67. The lowest BCUT2D eigenvalue weighted by molar-refractivity contribution is -0.119. The van der Waals surface area contributed by atoms with Gasteiger partial charge in [0.1, 0.15) is 0 Å². The average Bonchev–Trinajstić information content (AvgIpc) is 3.11. The average molecular weight is 359 g/mol. The summed E-state index contributed by atoms with van der Waals surface area (Å²) in [6.45, 7) is 4.33. The summed E-state index contributed by atoms with van der Waals surface area (Å²) in [6, 6.07) is 8.39. The second-order valence-corrected chi connectivity index (χ2v) is 7.57. The van der Waals surface area contributed by atoms with E-state index in [1.807, 2.05) is 12.1 Å². The Morgan fingerprint density at radius 3 is 2.72 bits per heavy atom. The topological polar surface area (TPSA) is 68.0 Å². The Balaban J connectivity index is 1.51. The highest BCUT2D eigenvalue weighted by molar-refractivity contribution is 7.99. The number of amides is 1. The van der Waals surface area contributed by atoms with Gasteiger partial charge in [-0.15, -0.1) is 10.2 Å². The predicted octanol–water partition coefficient (Wildman–Crippen LogP) is 4.09. The van der Waals surface area contributed by atoms with Crippen molar-refractivity contribution in [2.75, 3.05) is 5.75 Å². The van der Waals surface area contributed by atoms with E-state index in [9.17, 15) is 4.79 Å². The number of thioether (sulfide) groups is 1. The molecule has 3 rings (SSSR count). The fourth-order valence-electron chi connectivity index (χ4n) is 3.17. The van der Waals surface area contributed by atoms with Crippen LogP contribution in [0.15, 0.2) is 33.9 Å². The highest BCUT2D eigenvalue weighted by Crippen LogP contribution is 2.25. The normalized spacial score (nSPS) is 20.4. The minimum Gasteiger partial charge on any atom is -0.411 e. The molecule has 0 saturated heterocycles. The molecule has 1 aliphatic carbocycles. The SMILES string of the molecule is CCc1ccc(-c2nnc(SCC(=O)NC3CCCCC3C)o2)cc1. The monoisotopic (exact) mass is 359 g/mol. The molecule has 0 aliphatic heterocycles. The first kappa shape index (κ1) is 18.0. The van der Waals surface area contributed by atoms with Crippen LogP contribution in [0.25, 0.3) is 11.5 Å². The number of benzene rings is 1. The van der Waals surface area contributed by atoms with Gasteiger partial charge >= 0.3 is 0 Å². The molecule has 1 fully saturated rings. The molecule has 1 aromatic heterocycles. The van der Waals surface area contributed by atoms with E-state index in [2.05, 4.69) is 41.5 Å². The largest absolute Gasteiger partial charge is 0.411 e. The fourth-order valence-corrected chi connectivity index (χ4v) is 3.75. The molecule has 6 heteroatoms. The third-order valence-electron chi connectivity index (χ3n) is 4.80. The van der Waals surface area contributed by atoms with Crippen molar-refractivity contribution in [3.8, 4) is 11.5 Å². The summed E-state index contributed by atoms with van der Waals surface area (Å²) in [6.07, 6.45) is 5.75. The number of hydrogen-bond donors (Lipinski definition) is 1. The zero-order chi connectivity index (χ0) is 17.6. The summed E-state index contributed by atoms with van der Waals surface area (Å²) >= 11 is 1.29. The first-order valence-electron chi connectivity index (χ1n) is 9.00. The Bertz CT molecular complexity index is 699. The number of hydrogen-bond acceptors (Lipinski definition) is 5. The van der Waals surface area contributed by atoms with Gasteiger partial charge < -0.3 is 9.73 Å². The number of carbonyl (C=O) groups excluding carboxylic acids is 1. The molecule has 2 atom stereocenters. The van der Waals surface area contributed by atoms with Crippen LogP contribution < -0.4 is 5.32 Å². The number of carbonyl (C=O) groups is 1. The van der Waals surface area contributed by atoms with Crippen LogP contribution in [-0.2, 0) is 11.2 Å². The molecule has 2 aromatic rings. The summed E-state index contributed by atoms with van der Waals surface area (Å²) in [4.78, 5) is 12.2. The third kappa shape index (κ3) is 4.84. The van der Waals surface area contributed by atoms with Crippen molar-refractivity contribution in [1.82, 2.24) is 15.5 Å². The van der Waals surface area contributed by atoms with Crippen LogP contribution in [0.2, 0.25) is 0 Å². The molecular formula is C19H25N3O2S. The van der Waals surface area contributed by atoms with Gasteiger partial charge in [0.15, 0.2) is 0 Å². The maximum atomic E-state index is 12.2. The molecule has 0 spiro atoms. The van der Waals surface area contributed by atoms with Crippen molar-refractivity contribution < 1.29 is 9.21 Å². The van der Waals surface area contributed by atoms with Gasteiger partial charge in [-0.25, -0.2) is 0 Å². The number of aromatic nitrogens is 2. The van der Waals surface area contributed by atoms with Gasteiger partial charge in [0, 0.05) is 11.6 Å². The standard InChI is InChI=1S/C19H25N3O2S/c1-3-14-8-10-15(11-9-14)18-21-22-19(24-18)25-12-17(23)20-16-7-5-4-6-13(16)2/h8-11,13,16H,3-7,12H2,1-2H3,(H,20,23). The molecule has 2 unspecified atom stereocenters. The van der Waals surface area contributed by atoms with Gasteiger partial charge in [-0.2, -0.15) is 0 Å². The molecule has 1 N–H and O–H groups in total. The summed E-state index contributed by atoms with van der Waals surface area (Å²) in [5.74, 6) is 1.39. The molecule has 134 valence electrons. The Hall–Kier alpha value is -1.82. The zero-order valence-electron chi connectivity index (χ0n) is 14.8. The number of rotatable bonds is 6. The van der Waals surface area contributed by atoms with E-state index in [0.29, 0.717) is 28.8 Å². The lowest BCUT2D eigenvalue weighted by Gasteiger charge is -2.29. The van der Waals surface area contributed by atoms with E-state index in [0.717, 1.165) is 18.4 Å². The van der Waals surface area contributed by atoms with E-state index >= 15 is 0 Å². The molecule has 1 aliphatic rings. The maximum Gasteiger partial charge on any atom is 0.277 e. The van der Waals surface area contributed by atoms with Gasteiger partial charge in [0.25, 0.3) is 5.22 Å². The zero-order valence-corrected chi connectivity index (χ0v) is 15.6. The molecule has 1 amide bonds. The molecule has 1 saturated carbocycles. The quantitative estimate of drug-likeness (QED) is 0.787. The minimum atomic E-state index is 0.0378. The van der Waals surface area contributed by atoms with Crippen molar-refractivity contribution in [3.63, 3.8) is 0 Å². The fraction of sp³-hybridized carbons (Fsp3) is 0.526. The van der Waals surface area contributed by atoms with Crippen molar-refractivity contribution >= 4 is 17.7 Å². The van der Waals surface area contributed by atoms with Gasteiger partial charge in [0.05, 0.1) is 5.75 Å². The van der Waals surface area contributed by atoms with Crippen LogP contribution in [-0.4, -0.2) is 27.9 Å². The third-order valence-corrected chi connectivity index (χ3v) is 5.62. The molecule has 0 bridgehead atoms. The summed E-state index contributed by atoms with van der Waals surface area (Å²) in [5.41, 5.74) is 2.17. The van der Waals surface area contributed by atoms with E-state index in [1.54, 1.807) is 0 Å². The lowest BCUT2D eigenvalue weighted by Crippen LogP contribution is -2.41. The van der Waals surface area contributed by atoms with Crippen molar-refractivity contribution in [2.24, 2.45) is 5.92 Å². The van der Waals surface area contributed by atoms with Crippen LogP contribution in [0.4, 0.5) is 0 Å². The van der Waals surface area contributed by atoms with Crippen LogP contribution >= 0.6 is 11.8 Å². The number of nitrogens with zero attached hydrogens (tertiary/aromatic N) is 2. The predicted molar refractivity (Wildman–Crippen MR) is 99.4 cm³/mol. The molecule has 0 radical (unpaired) electrons. The molecule has 1 heterocycles. The number of nitrogens with one attached hydrogen (secondary N) is 1. The van der Waals surface area contributed by atoms with Gasteiger partial charge in [-0.3, -0.25) is 4.79 Å². The second-order valence-electron chi connectivity index (χ2n) is 6.65. The van der Waals surface area contributed by atoms with Crippen molar-refractivity contribution in [3.05, 3.63) is 29.8 Å². The van der Waals surface area contributed by atoms with Crippen molar-refractivity contribution in [1.29, 1.82) is 0 Å². The van der Waals surface area contributed by atoms with Crippen molar-refractivity contribution in [2.45, 2.75) is 57.2 Å². The lowest BCUT2D eigenvalue weighted by atomic mass is 9.86. The van der Waals surface area contributed by atoms with Gasteiger partial charge in [-0.1, -0.05) is 50.6 Å². The Morgan fingerprint density at radius 2 is 2.00 bits per heavy atom. The molecule has 25 heavy (non-hydrogen) atoms. The summed E-state index contributed by atoms with van der Waals surface area (Å²) in [7, 11) is 0. The highest BCUT2D eigenvalue weighted by atomic mass is 32.2. The van der Waals surface area contributed by atoms with Gasteiger partial charge in [-0.05, 0) is 42.9 Å². The Morgan fingerprint density at radius 1 is 1.24 bits per heavy atom. The van der Waals surface area contributed by atoms with E-state index < -0.39 is 0 Å². The highest BCUT2D eigenvalue weighted by Gasteiger charge is 2.23. The van der Waals surface area contributed by atoms with E-state index in [4.69, 9.17) is 4.42 Å². The Labute approximate surface area is 153 Å². The molecular weight excluding hydrogens is 334 g/mol. The summed E-state index contributed by atoms with van der Waals surface area (Å²) in [5, 5.41) is 11.7. The van der Waals surface area contributed by atoms with E-state index in [-0.39, 0.29) is 5.91 Å². The van der Waals surface area contributed by atoms with Crippen LogP contribution in [0.5, 0.6) is 0 Å². The van der Waals surface area contributed by atoms with E-state index in [1.165, 1.54) is 36.6 Å². The minimum absolute atomic E-state index is 0.0378. The molecule has 5 nitrogen and oxygen atoms in total.